The Balaban J connectivity index is 1.15. The van der Waals surface area contributed by atoms with E-state index in [9.17, 15) is 9.59 Å². The molecule has 4 aliphatic rings. The molecule has 0 spiro atoms. The van der Waals surface area contributed by atoms with Gasteiger partial charge in [0.1, 0.15) is 5.82 Å². The Bertz CT molecular complexity index is 856. The number of aromatic nitrogens is 1. The molecule has 6 heteroatoms. The first-order valence-electron chi connectivity index (χ1n) is 13.9. The molecule has 3 aliphatic carbocycles. The Kier molecular flexibility index (Phi) is 7.40. The van der Waals surface area contributed by atoms with E-state index >= 15 is 0 Å². The van der Waals surface area contributed by atoms with E-state index in [1.165, 1.54) is 44.9 Å². The number of carbonyl (C=O) groups is 2. The molecule has 2 N–H and O–H groups in total. The van der Waals surface area contributed by atoms with Gasteiger partial charge in [0, 0.05) is 42.9 Å². The molecule has 34 heavy (non-hydrogen) atoms. The second-order valence-electron chi connectivity index (χ2n) is 11.5. The summed E-state index contributed by atoms with van der Waals surface area (Å²) in [4.78, 5) is 32.5. The summed E-state index contributed by atoms with van der Waals surface area (Å²) in [6, 6.07) is 4.18. The van der Waals surface area contributed by atoms with Crippen molar-refractivity contribution in [3.8, 4) is 0 Å². The van der Waals surface area contributed by atoms with Gasteiger partial charge in [-0.2, -0.15) is 0 Å². The number of amides is 2. The number of piperidine rings is 1. The number of rotatable bonds is 6. The fourth-order valence-corrected chi connectivity index (χ4v) is 6.54. The largest absolute Gasteiger partial charge is 0.367 e. The zero-order valence-corrected chi connectivity index (χ0v) is 20.8. The van der Waals surface area contributed by atoms with Crippen LogP contribution < -0.4 is 10.6 Å². The monoisotopic (exact) mass is 466 g/mol. The molecule has 1 aromatic heterocycles. The molecule has 1 saturated heterocycles. The molecule has 0 aromatic carbocycles. The van der Waals surface area contributed by atoms with E-state index in [4.69, 9.17) is 0 Å². The van der Waals surface area contributed by atoms with E-state index in [1.807, 2.05) is 6.07 Å². The molecule has 186 valence electrons. The van der Waals surface area contributed by atoms with Crippen LogP contribution in [-0.4, -0.2) is 46.9 Å². The average molecular weight is 467 g/mol. The van der Waals surface area contributed by atoms with Crippen LogP contribution in [0.25, 0.3) is 0 Å². The summed E-state index contributed by atoms with van der Waals surface area (Å²) < 4.78 is 0. The lowest BCUT2D eigenvalue weighted by molar-refractivity contribution is -0.138. The minimum absolute atomic E-state index is 0.0191. The zero-order valence-electron chi connectivity index (χ0n) is 20.8. The zero-order chi connectivity index (χ0) is 23.5. The second-order valence-corrected chi connectivity index (χ2v) is 11.5. The van der Waals surface area contributed by atoms with Crippen molar-refractivity contribution >= 4 is 17.6 Å². The number of anilines is 1. The van der Waals surface area contributed by atoms with E-state index in [-0.39, 0.29) is 17.9 Å². The molecule has 2 amide bonds. The van der Waals surface area contributed by atoms with Gasteiger partial charge < -0.3 is 15.5 Å². The predicted molar refractivity (Wildman–Crippen MR) is 135 cm³/mol. The summed E-state index contributed by atoms with van der Waals surface area (Å²) in [5.74, 6) is 3.40. The van der Waals surface area contributed by atoms with Crippen molar-refractivity contribution < 1.29 is 9.59 Å². The van der Waals surface area contributed by atoms with E-state index in [0.717, 1.165) is 62.8 Å². The SMILES string of the molecule is CC1CCC(C(=O)N2CCC(C3CCCCC3)CC2)CC1Nc1cc(C(=O)NC2CC2)ccn1. The highest BCUT2D eigenvalue weighted by Crippen LogP contribution is 2.37. The van der Waals surface area contributed by atoms with Gasteiger partial charge in [0.15, 0.2) is 0 Å². The Morgan fingerprint density at radius 1 is 0.941 bits per heavy atom. The Morgan fingerprint density at radius 2 is 1.68 bits per heavy atom. The molecule has 2 heterocycles. The molecule has 1 aliphatic heterocycles. The molecule has 6 nitrogen and oxygen atoms in total. The molecule has 1 aromatic rings. The fourth-order valence-electron chi connectivity index (χ4n) is 6.54. The number of carbonyl (C=O) groups excluding carboxylic acids is 2. The van der Waals surface area contributed by atoms with Crippen LogP contribution in [0.5, 0.6) is 0 Å². The van der Waals surface area contributed by atoms with Gasteiger partial charge in [-0.05, 0) is 74.8 Å². The lowest BCUT2D eigenvalue weighted by Crippen LogP contribution is -2.46. The molecular weight excluding hydrogens is 424 g/mol. The van der Waals surface area contributed by atoms with Gasteiger partial charge in [0.25, 0.3) is 5.91 Å². The second kappa shape index (κ2) is 10.7. The van der Waals surface area contributed by atoms with Gasteiger partial charge in [-0.25, -0.2) is 4.98 Å². The number of hydrogen-bond donors (Lipinski definition) is 2. The van der Waals surface area contributed by atoms with E-state index in [2.05, 4.69) is 27.4 Å². The first kappa shape index (κ1) is 23.6. The number of pyridine rings is 1. The van der Waals surface area contributed by atoms with Crippen molar-refractivity contribution in [2.24, 2.45) is 23.7 Å². The van der Waals surface area contributed by atoms with Crippen LogP contribution in [0.3, 0.4) is 0 Å². The summed E-state index contributed by atoms with van der Waals surface area (Å²) in [5, 5.41) is 6.62. The molecule has 3 unspecified atom stereocenters. The average Bonchev–Trinajstić information content (AvgIpc) is 3.70. The molecular formula is C28H42N4O2. The third kappa shape index (κ3) is 5.75. The first-order valence-corrected chi connectivity index (χ1v) is 13.9. The van der Waals surface area contributed by atoms with Crippen molar-refractivity contribution in [2.45, 2.75) is 96.1 Å². The van der Waals surface area contributed by atoms with Crippen molar-refractivity contribution in [3.63, 3.8) is 0 Å². The van der Waals surface area contributed by atoms with Crippen LogP contribution in [0.15, 0.2) is 18.3 Å². The minimum Gasteiger partial charge on any atom is -0.367 e. The summed E-state index contributed by atoms with van der Waals surface area (Å²) in [6.45, 7) is 4.16. The molecule has 3 saturated carbocycles. The van der Waals surface area contributed by atoms with Crippen molar-refractivity contribution in [3.05, 3.63) is 23.9 Å². The topological polar surface area (TPSA) is 74.3 Å². The van der Waals surface area contributed by atoms with Gasteiger partial charge in [-0.3, -0.25) is 9.59 Å². The Hall–Kier alpha value is -2.11. The van der Waals surface area contributed by atoms with Crippen molar-refractivity contribution in [1.82, 2.24) is 15.2 Å². The maximum atomic E-state index is 13.4. The summed E-state index contributed by atoms with van der Waals surface area (Å²) in [7, 11) is 0. The highest BCUT2D eigenvalue weighted by Gasteiger charge is 2.36. The highest BCUT2D eigenvalue weighted by atomic mass is 16.2. The van der Waals surface area contributed by atoms with Crippen LogP contribution >= 0.6 is 0 Å². The van der Waals surface area contributed by atoms with Crippen molar-refractivity contribution in [2.75, 3.05) is 18.4 Å². The third-order valence-corrected chi connectivity index (χ3v) is 8.98. The summed E-state index contributed by atoms with van der Waals surface area (Å²) in [6.07, 6.45) is 16.2. The molecule has 5 rings (SSSR count). The number of nitrogens with zero attached hydrogens (tertiary/aromatic N) is 2. The van der Waals surface area contributed by atoms with Gasteiger partial charge >= 0.3 is 0 Å². The Labute approximate surface area is 204 Å². The summed E-state index contributed by atoms with van der Waals surface area (Å²) in [5.41, 5.74) is 0.654. The van der Waals surface area contributed by atoms with Crippen LogP contribution in [0.2, 0.25) is 0 Å². The third-order valence-electron chi connectivity index (χ3n) is 8.98. The molecule has 0 radical (unpaired) electrons. The van der Waals surface area contributed by atoms with Gasteiger partial charge in [-0.1, -0.05) is 39.0 Å². The predicted octanol–water partition coefficient (Wildman–Crippen LogP) is 5.01. The Morgan fingerprint density at radius 3 is 2.41 bits per heavy atom. The molecule has 4 fully saturated rings. The maximum Gasteiger partial charge on any atom is 0.251 e. The van der Waals surface area contributed by atoms with E-state index < -0.39 is 0 Å². The normalized spacial score (nSPS) is 29.0. The number of likely N-dealkylation sites (tertiary alicyclic amines) is 1. The first-order chi connectivity index (χ1) is 16.6. The number of nitrogens with one attached hydrogen (secondary N) is 2. The summed E-state index contributed by atoms with van der Waals surface area (Å²) >= 11 is 0. The van der Waals surface area contributed by atoms with Gasteiger partial charge in [-0.15, -0.1) is 0 Å². The lowest BCUT2D eigenvalue weighted by atomic mass is 9.75. The van der Waals surface area contributed by atoms with E-state index in [1.54, 1.807) is 12.3 Å². The quantitative estimate of drug-likeness (QED) is 0.618. The van der Waals surface area contributed by atoms with Crippen LogP contribution in [0.1, 0.15) is 94.3 Å². The molecule has 0 bridgehead atoms. The molecule has 3 atom stereocenters. The van der Waals surface area contributed by atoms with E-state index in [0.29, 0.717) is 23.4 Å². The van der Waals surface area contributed by atoms with Gasteiger partial charge in [0.2, 0.25) is 5.91 Å². The smallest absolute Gasteiger partial charge is 0.251 e. The van der Waals surface area contributed by atoms with Crippen LogP contribution in [0.4, 0.5) is 5.82 Å². The number of hydrogen-bond acceptors (Lipinski definition) is 4. The maximum absolute atomic E-state index is 13.4. The standard InChI is InChI=1S/C28H42N4O2/c1-19-7-8-23(28(34)32-15-12-21(13-16-32)20-5-3-2-4-6-20)17-25(19)31-26-18-22(11-14-29-26)27(33)30-24-9-10-24/h11,14,18-21,23-25H,2-10,12-13,15-17H2,1H3,(H,29,31)(H,30,33). The minimum atomic E-state index is -0.0191. The van der Waals surface area contributed by atoms with Gasteiger partial charge in [0.05, 0.1) is 0 Å². The van der Waals surface area contributed by atoms with Crippen molar-refractivity contribution in [1.29, 1.82) is 0 Å². The van der Waals surface area contributed by atoms with Crippen LogP contribution in [-0.2, 0) is 4.79 Å². The van der Waals surface area contributed by atoms with Crippen LogP contribution in [0, 0.1) is 23.7 Å². The fraction of sp³-hybridized carbons (Fsp3) is 0.750. The lowest BCUT2D eigenvalue weighted by Gasteiger charge is -2.41. The highest BCUT2D eigenvalue weighted by molar-refractivity contribution is 5.95.